The number of aliphatic carboxylic acids is 1. The van der Waals surface area contributed by atoms with Crippen molar-refractivity contribution >= 4 is 40.2 Å². The molecule has 1 aromatic heterocycles. The quantitative estimate of drug-likeness (QED) is 0.507. The van der Waals surface area contributed by atoms with Crippen molar-refractivity contribution in [1.82, 2.24) is 10.3 Å². The lowest BCUT2D eigenvalue weighted by Gasteiger charge is -2.12. The number of thiazole rings is 1. The number of carboxylic acid groups (broad SMARTS) is 1. The molecule has 0 spiro atoms. The number of hydrogen-bond acceptors (Lipinski definition) is 6. The molecular weight excluding hydrogens is 324 g/mol. The van der Waals surface area contributed by atoms with Crippen molar-refractivity contribution in [1.29, 1.82) is 0 Å². The molecule has 9 nitrogen and oxygen atoms in total. The largest absolute Gasteiger partial charge is 0.480 e. The summed E-state index contributed by atoms with van der Waals surface area (Å²) in [5.41, 5.74) is 4.95. The van der Waals surface area contributed by atoms with Crippen LogP contribution in [0.2, 0.25) is 0 Å². The van der Waals surface area contributed by atoms with Crippen molar-refractivity contribution in [3.63, 3.8) is 0 Å². The van der Waals surface area contributed by atoms with Gasteiger partial charge in [0.05, 0.1) is 0 Å². The molecular formula is C13H18N4O5S. The Labute approximate surface area is 136 Å². The smallest absolute Gasteiger partial charge is 0.326 e. The Morgan fingerprint density at radius 3 is 2.61 bits per heavy atom. The number of nitrogens with zero attached hydrogens (tertiary/aromatic N) is 1. The Kier molecular flexibility index (Phi) is 7.13. The average molecular weight is 342 g/mol. The maximum absolute atomic E-state index is 12.0. The Morgan fingerprint density at radius 2 is 2.04 bits per heavy atom. The zero-order valence-corrected chi connectivity index (χ0v) is 13.3. The van der Waals surface area contributed by atoms with E-state index in [2.05, 4.69) is 15.6 Å². The summed E-state index contributed by atoms with van der Waals surface area (Å²) in [6.07, 6.45) is 0.757. The van der Waals surface area contributed by atoms with Gasteiger partial charge in [-0.2, -0.15) is 0 Å². The Bertz CT molecular complexity index is 601. The molecule has 1 aromatic rings. The summed E-state index contributed by atoms with van der Waals surface area (Å²) in [4.78, 5) is 49.1. The molecule has 3 amide bonds. The number of carboxylic acids is 1. The minimum absolute atomic E-state index is 0.00729. The van der Waals surface area contributed by atoms with Crippen LogP contribution in [0.3, 0.4) is 0 Å². The summed E-state index contributed by atoms with van der Waals surface area (Å²) in [5, 5.41) is 15.5. The van der Waals surface area contributed by atoms with Crippen molar-refractivity contribution in [3.05, 3.63) is 11.1 Å². The second kappa shape index (κ2) is 8.83. The molecule has 0 saturated carbocycles. The average Bonchev–Trinajstić information content (AvgIpc) is 2.91. The van der Waals surface area contributed by atoms with Crippen LogP contribution in [0.1, 0.15) is 43.1 Å². The third-order valence-electron chi connectivity index (χ3n) is 2.74. The third kappa shape index (κ3) is 6.43. The monoisotopic (exact) mass is 342 g/mol. The van der Waals surface area contributed by atoms with Crippen LogP contribution >= 0.6 is 11.3 Å². The predicted octanol–water partition coefficient (Wildman–Crippen LogP) is 0.330. The van der Waals surface area contributed by atoms with Gasteiger partial charge in [0.15, 0.2) is 5.13 Å². The fourth-order valence-electron chi connectivity index (χ4n) is 1.62. The van der Waals surface area contributed by atoms with Crippen LogP contribution in [-0.2, 0) is 14.4 Å². The van der Waals surface area contributed by atoms with Crippen molar-refractivity contribution in [2.75, 3.05) is 5.32 Å². The van der Waals surface area contributed by atoms with Crippen LogP contribution in [0.5, 0.6) is 0 Å². The number of carbonyl (C=O) groups is 4. The van der Waals surface area contributed by atoms with Gasteiger partial charge in [0.1, 0.15) is 11.7 Å². The number of anilines is 1. The number of nitrogens with two attached hydrogens (primary N) is 1. The van der Waals surface area contributed by atoms with E-state index < -0.39 is 23.8 Å². The Morgan fingerprint density at radius 1 is 1.35 bits per heavy atom. The molecule has 0 saturated heterocycles. The molecule has 126 valence electrons. The topological polar surface area (TPSA) is 151 Å². The van der Waals surface area contributed by atoms with Gasteiger partial charge in [-0.3, -0.25) is 14.4 Å². The summed E-state index contributed by atoms with van der Waals surface area (Å²) in [5.74, 6) is -2.83. The van der Waals surface area contributed by atoms with Gasteiger partial charge in [0.25, 0.3) is 5.91 Å². The maximum Gasteiger partial charge on any atom is 0.326 e. The van der Waals surface area contributed by atoms with E-state index in [1.54, 1.807) is 0 Å². The van der Waals surface area contributed by atoms with Gasteiger partial charge in [-0.25, -0.2) is 9.78 Å². The van der Waals surface area contributed by atoms with Gasteiger partial charge in [0.2, 0.25) is 11.8 Å². The summed E-state index contributed by atoms with van der Waals surface area (Å²) in [7, 11) is 0. The van der Waals surface area contributed by atoms with Crippen LogP contribution < -0.4 is 16.4 Å². The first kappa shape index (κ1) is 18.6. The lowest BCUT2D eigenvalue weighted by molar-refractivity contribution is -0.139. The molecule has 5 N–H and O–H groups in total. The number of carbonyl (C=O) groups excluding carboxylic acids is 3. The summed E-state index contributed by atoms with van der Waals surface area (Å²) >= 11 is 1.06. The van der Waals surface area contributed by atoms with Crippen molar-refractivity contribution < 1.29 is 24.3 Å². The van der Waals surface area contributed by atoms with E-state index >= 15 is 0 Å². The molecule has 0 aliphatic carbocycles. The van der Waals surface area contributed by atoms with Crippen molar-refractivity contribution in [2.45, 2.75) is 38.6 Å². The molecule has 0 bridgehead atoms. The fourth-order valence-corrected chi connectivity index (χ4v) is 2.33. The van der Waals surface area contributed by atoms with Crippen molar-refractivity contribution in [2.24, 2.45) is 5.73 Å². The van der Waals surface area contributed by atoms with Gasteiger partial charge in [0, 0.05) is 18.2 Å². The Balaban J connectivity index is 2.65. The molecule has 1 atom stereocenters. The lowest BCUT2D eigenvalue weighted by Crippen LogP contribution is -2.41. The number of hydrogen-bond donors (Lipinski definition) is 4. The minimum atomic E-state index is -1.27. The SMILES string of the molecule is CCCC(=O)Nc1nc(C(=O)NC(CCC(N)=O)C(=O)O)cs1. The highest BCUT2D eigenvalue weighted by Crippen LogP contribution is 2.16. The first-order valence-electron chi connectivity index (χ1n) is 6.90. The highest BCUT2D eigenvalue weighted by Gasteiger charge is 2.22. The van der Waals surface area contributed by atoms with E-state index in [4.69, 9.17) is 10.8 Å². The van der Waals surface area contributed by atoms with Crippen LogP contribution in [0.25, 0.3) is 0 Å². The number of rotatable bonds is 9. The summed E-state index contributed by atoms with van der Waals surface area (Å²) in [6, 6.07) is -1.24. The van der Waals surface area contributed by atoms with Crippen molar-refractivity contribution in [3.8, 4) is 0 Å². The van der Waals surface area contributed by atoms with Gasteiger partial charge < -0.3 is 21.5 Å². The van der Waals surface area contributed by atoms with Crippen LogP contribution in [0.4, 0.5) is 5.13 Å². The van der Waals surface area contributed by atoms with Crippen LogP contribution in [0.15, 0.2) is 5.38 Å². The zero-order chi connectivity index (χ0) is 17.4. The van der Waals surface area contributed by atoms with Gasteiger partial charge in [-0.1, -0.05) is 6.92 Å². The van der Waals surface area contributed by atoms with E-state index in [-0.39, 0.29) is 29.6 Å². The normalized spacial score (nSPS) is 11.5. The van der Waals surface area contributed by atoms with E-state index in [0.29, 0.717) is 12.8 Å². The van der Waals surface area contributed by atoms with Gasteiger partial charge >= 0.3 is 5.97 Å². The highest BCUT2D eigenvalue weighted by atomic mass is 32.1. The second-order valence-corrected chi connectivity index (χ2v) is 5.56. The third-order valence-corrected chi connectivity index (χ3v) is 3.50. The van der Waals surface area contributed by atoms with E-state index in [9.17, 15) is 19.2 Å². The summed E-state index contributed by atoms with van der Waals surface area (Å²) in [6.45, 7) is 1.86. The first-order valence-corrected chi connectivity index (χ1v) is 7.78. The molecule has 10 heteroatoms. The predicted molar refractivity (Wildman–Crippen MR) is 83.0 cm³/mol. The fraction of sp³-hybridized carbons (Fsp3) is 0.462. The molecule has 0 aliphatic rings. The number of nitrogens with one attached hydrogen (secondary N) is 2. The van der Waals surface area contributed by atoms with E-state index in [1.165, 1.54) is 5.38 Å². The zero-order valence-electron chi connectivity index (χ0n) is 12.5. The molecule has 0 aromatic carbocycles. The molecule has 0 radical (unpaired) electrons. The second-order valence-electron chi connectivity index (χ2n) is 4.71. The highest BCUT2D eigenvalue weighted by molar-refractivity contribution is 7.14. The van der Waals surface area contributed by atoms with Gasteiger partial charge in [-0.05, 0) is 12.8 Å². The molecule has 0 fully saturated rings. The molecule has 1 heterocycles. The number of primary amides is 1. The molecule has 23 heavy (non-hydrogen) atoms. The molecule has 1 unspecified atom stereocenters. The van der Waals surface area contributed by atoms with Crippen LogP contribution in [0, 0.1) is 0 Å². The number of amides is 3. The first-order chi connectivity index (χ1) is 10.8. The van der Waals surface area contributed by atoms with E-state index in [0.717, 1.165) is 11.3 Å². The van der Waals surface area contributed by atoms with Crippen LogP contribution in [-0.4, -0.2) is 39.8 Å². The molecule has 0 aliphatic heterocycles. The van der Waals surface area contributed by atoms with Gasteiger partial charge in [-0.15, -0.1) is 11.3 Å². The summed E-state index contributed by atoms with van der Waals surface area (Å²) < 4.78 is 0. The minimum Gasteiger partial charge on any atom is -0.480 e. The molecule has 1 rings (SSSR count). The van der Waals surface area contributed by atoms with E-state index in [1.807, 2.05) is 6.92 Å². The number of aromatic nitrogens is 1. The standard InChI is InChI=1S/C13H18N4O5S/c1-2-3-10(19)17-13-16-8(6-23-13)11(20)15-7(12(21)22)4-5-9(14)18/h6-7H,2-5H2,1H3,(H2,14,18)(H,15,20)(H,21,22)(H,16,17,19). The Hall–Kier alpha value is -2.49. The maximum atomic E-state index is 12.0. The lowest BCUT2D eigenvalue weighted by atomic mass is 10.1.